The molecule has 1 atom stereocenters. The van der Waals surface area contributed by atoms with E-state index in [1.54, 1.807) is 24.3 Å². The third-order valence-electron chi connectivity index (χ3n) is 3.07. The molecule has 0 bridgehead atoms. The Kier molecular flexibility index (Phi) is 5.38. The SMILES string of the molecule is N#Cc1cccc(OC[C@@H](Cc2ccccc2)NC(=O)O)c1. The summed E-state index contributed by atoms with van der Waals surface area (Å²) in [5, 5.41) is 20.2. The monoisotopic (exact) mass is 296 g/mol. The van der Waals surface area contributed by atoms with Gasteiger partial charge in [0.2, 0.25) is 0 Å². The Morgan fingerprint density at radius 1 is 1.23 bits per heavy atom. The van der Waals surface area contributed by atoms with E-state index in [0.29, 0.717) is 17.7 Å². The lowest BCUT2D eigenvalue weighted by molar-refractivity contribution is 0.181. The summed E-state index contributed by atoms with van der Waals surface area (Å²) < 4.78 is 5.61. The third kappa shape index (κ3) is 4.84. The van der Waals surface area contributed by atoms with Crippen molar-refractivity contribution in [1.82, 2.24) is 5.32 Å². The summed E-state index contributed by atoms with van der Waals surface area (Å²) in [7, 11) is 0. The van der Waals surface area contributed by atoms with Crippen LogP contribution in [0, 0.1) is 11.3 Å². The van der Waals surface area contributed by atoms with Crippen LogP contribution >= 0.6 is 0 Å². The number of nitriles is 1. The van der Waals surface area contributed by atoms with E-state index in [4.69, 9.17) is 15.1 Å². The molecule has 2 N–H and O–H groups in total. The van der Waals surface area contributed by atoms with E-state index in [1.807, 2.05) is 36.4 Å². The van der Waals surface area contributed by atoms with Gasteiger partial charge in [-0.1, -0.05) is 36.4 Å². The van der Waals surface area contributed by atoms with Crippen LogP contribution in [0.1, 0.15) is 11.1 Å². The number of rotatable bonds is 6. The first-order chi connectivity index (χ1) is 10.7. The van der Waals surface area contributed by atoms with Gasteiger partial charge < -0.3 is 15.2 Å². The van der Waals surface area contributed by atoms with Crippen LogP contribution in [0.3, 0.4) is 0 Å². The van der Waals surface area contributed by atoms with Crippen molar-refractivity contribution in [1.29, 1.82) is 5.26 Å². The number of nitrogens with one attached hydrogen (secondary N) is 1. The fourth-order valence-electron chi connectivity index (χ4n) is 2.08. The van der Waals surface area contributed by atoms with E-state index in [-0.39, 0.29) is 12.6 Å². The minimum absolute atomic E-state index is 0.191. The molecule has 0 fully saturated rings. The lowest BCUT2D eigenvalue weighted by Gasteiger charge is -2.18. The van der Waals surface area contributed by atoms with Crippen molar-refractivity contribution in [3.63, 3.8) is 0 Å². The first-order valence-corrected chi connectivity index (χ1v) is 6.83. The number of benzene rings is 2. The van der Waals surface area contributed by atoms with Crippen molar-refractivity contribution in [2.45, 2.75) is 12.5 Å². The predicted octanol–water partition coefficient (Wildman–Crippen LogP) is 2.82. The van der Waals surface area contributed by atoms with E-state index in [2.05, 4.69) is 5.32 Å². The van der Waals surface area contributed by atoms with Gasteiger partial charge in [-0.25, -0.2) is 4.79 Å². The molecule has 5 nitrogen and oxygen atoms in total. The number of carboxylic acid groups (broad SMARTS) is 1. The van der Waals surface area contributed by atoms with E-state index in [1.165, 1.54) is 0 Å². The number of nitrogens with zero attached hydrogens (tertiary/aromatic N) is 1. The molecular weight excluding hydrogens is 280 g/mol. The minimum atomic E-state index is -1.09. The molecule has 0 unspecified atom stereocenters. The number of carbonyl (C=O) groups is 1. The van der Waals surface area contributed by atoms with Gasteiger partial charge in [0.15, 0.2) is 0 Å². The smallest absolute Gasteiger partial charge is 0.405 e. The fourth-order valence-corrected chi connectivity index (χ4v) is 2.08. The third-order valence-corrected chi connectivity index (χ3v) is 3.07. The lowest BCUT2D eigenvalue weighted by atomic mass is 10.1. The van der Waals surface area contributed by atoms with Crippen LogP contribution in [0.25, 0.3) is 0 Å². The van der Waals surface area contributed by atoms with Crippen molar-refractivity contribution < 1.29 is 14.6 Å². The van der Waals surface area contributed by atoms with Crippen molar-refractivity contribution in [2.75, 3.05) is 6.61 Å². The van der Waals surface area contributed by atoms with Gasteiger partial charge in [-0.2, -0.15) is 5.26 Å². The quantitative estimate of drug-likeness (QED) is 0.858. The van der Waals surface area contributed by atoms with Gasteiger partial charge in [0.1, 0.15) is 12.4 Å². The van der Waals surface area contributed by atoms with Crippen LogP contribution in [0.15, 0.2) is 54.6 Å². The summed E-state index contributed by atoms with van der Waals surface area (Å²) in [6.45, 7) is 0.191. The Labute approximate surface area is 128 Å². The fraction of sp³-hybridized carbons (Fsp3) is 0.176. The molecule has 0 aliphatic heterocycles. The van der Waals surface area contributed by atoms with Gasteiger partial charge >= 0.3 is 6.09 Å². The highest BCUT2D eigenvalue weighted by Crippen LogP contribution is 2.13. The molecule has 0 saturated heterocycles. The Hall–Kier alpha value is -3.00. The topological polar surface area (TPSA) is 82.3 Å². The highest BCUT2D eigenvalue weighted by molar-refractivity contribution is 5.64. The molecule has 2 aromatic carbocycles. The Balaban J connectivity index is 2.00. The predicted molar refractivity (Wildman–Crippen MR) is 81.7 cm³/mol. The normalized spacial score (nSPS) is 11.2. The van der Waals surface area contributed by atoms with Crippen LogP contribution in [0.4, 0.5) is 4.79 Å². The van der Waals surface area contributed by atoms with Crippen LogP contribution < -0.4 is 10.1 Å². The molecule has 0 radical (unpaired) electrons. The molecule has 5 heteroatoms. The van der Waals surface area contributed by atoms with E-state index < -0.39 is 6.09 Å². The molecule has 1 amide bonds. The molecule has 0 aliphatic carbocycles. The average molecular weight is 296 g/mol. The molecule has 2 aromatic rings. The zero-order valence-corrected chi connectivity index (χ0v) is 11.9. The zero-order valence-electron chi connectivity index (χ0n) is 11.9. The summed E-state index contributed by atoms with van der Waals surface area (Å²) in [6, 6.07) is 18.0. The number of hydrogen-bond acceptors (Lipinski definition) is 3. The number of amides is 1. The molecule has 0 spiro atoms. The van der Waals surface area contributed by atoms with Gasteiger partial charge in [-0.3, -0.25) is 0 Å². The summed E-state index contributed by atoms with van der Waals surface area (Å²) in [5.74, 6) is 0.546. The highest BCUT2D eigenvalue weighted by atomic mass is 16.5. The second-order valence-corrected chi connectivity index (χ2v) is 4.79. The van der Waals surface area contributed by atoms with E-state index in [9.17, 15) is 4.79 Å². The van der Waals surface area contributed by atoms with Crippen molar-refractivity contribution in [2.24, 2.45) is 0 Å². The maximum Gasteiger partial charge on any atom is 0.405 e. The summed E-state index contributed by atoms with van der Waals surface area (Å²) >= 11 is 0. The zero-order chi connectivity index (χ0) is 15.8. The largest absolute Gasteiger partial charge is 0.491 e. The van der Waals surface area contributed by atoms with Crippen molar-refractivity contribution in [3.8, 4) is 11.8 Å². The Morgan fingerprint density at radius 3 is 2.68 bits per heavy atom. The molecule has 0 aliphatic rings. The Bertz CT molecular complexity index is 665. The second-order valence-electron chi connectivity index (χ2n) is 4.79. The minimum Gasteiger partial charge on any atom is -0.491 e. The molecule has 0 heterocycles. The summed E-state index contributed by atoms with van der Waals surface area (Å²) in [4.78, 5) is 10.9. The molecule has 0 saturated carbocycles. The molecule has 2 rings (SSSR count). The Morgan fingerprint density at radius 2 is 2.00 bits per heavy atom. The number of hydrogen-bond donors (Lipinski definition) is 2. The summed E-state index contributed by atoms with van der Waals surface area (Å²) in [6.07, 6.45) is -0.555. The maximum absolute atomic E-state index is 10.9. The highest BCUT2D eigenvalue weighted by Gasteiger charge is 2.13. The van der Waals surface area contributed by atoms with E-state index in [0.717, 1.165) is 5.56 Å². The molecule has 0 aromatic heterocycles. The molecule has 112 valence electrons. The van der Waals surface area contributed by atoms with Crippen molar-refractivity contribution in [3.05, 3.63) is 65.7 Å². The first-order valence-electron chi connectivity index (χ1n) is 6.83. The van der Waals surface area contributed by atoms with Gasteiger partial charge in [0, 0.05) is 0 Å². The van der Waals surface area contributed by atoms with Crippen LogP contribution in [0.2, 0.25) is 0 Å². The van der Waals surface area contributed by atoms with Gasteiger partial charge in [-0.05, 0) is 30.2 Å². The molecular formula is C17H16N2O3. The summed E-state index contributed by atoms with van der Waals surface area (Å²) in [5.41, 5.74) is 1.53. The van der Waals surface area contributed by atoms with Crippen LogP contribution in [-0.2, 0) is 6.42 Å². The average Bonchev–Trinajstić information content (AvgIpc) is 2.53. The van der Waals surface area contributed by atoms with Crippen molar-refractivity contribution >= 4 is 6.09 Å². The van der Waals surface area contributed by atoms with Crippen LogP contribution in [-0.4, -0.2) is 23.8 Å². The second kappa shape index (κ2) is 7.70. The van der Waals surface area contributed by atoms with Gasteiger partial charge in [-0.15, -0.1) is 0 Å². The van der Waals surface area contributed by atoms with E-state index >= 15 is 0 Å². The van der Waals surface area contributed by atoms with Gasteiger partial charge in [0.25, 0.3) is 0 Å². The van der Waals surface area contributed by atoms with Gasteiger partial charge in [0.05, 0.1) is 17.7 Å². The first kappa shape index (κ1) is 15.4. The maximum atomic E-state index is 10.9. The lowest BCUT2D eigenvalue weighted by Crippen LogP contribution is -2.39. The standard InChI is InChI=1S/C17H16N2O3/c18-11-14-7-4-8-16(10-14)22-12-15(19-17(20)21)9-13-5-2-1-3-6-13/h1-8,10,15,19H,9,12H2,(H,20,21)/t15-/m1/s1. The number of ether oxygens (including phenoxy) is 1. The molecule has 22 heavy (non-hydrogen) atoms. The van der Waals surface area contributed by atoms with Crippen LogP contribution in [0.5, 0.6) is 5.75 Å².